The first-order chi connectivity index (χ1) is 17.4. The van der Waals surface area contributed by atoms with Crippen LogP contribution in [0.15, 0.2) is 34.6 Å². The highest BCUT2D eigenvalue weighted by Crippen LogP contribution is 2.37. The highest BCUT2D eigenvalue weighted by atomic mass is 32.1. The minimum Gasteiger partial charge on any atom is -0.466 e. The van der Waals surface area contributed by atoms with Gasteiger partial charge >= 0.3 is 5.97 Å². The Morgan fingerprint density at radius 2 is 1.97 bits per heavy atom. The van der Waals surface area contributed by atoms with E-state index in [1.54, 1.807) is 12.1 Å². The smallest absolute Gasteiger partial charge is 0.330 e. The van der Waals surface area contributed by atoms with Crippen LogP contribution in [0.5, 0.6) is 0 Å². The van der Waals surface area contributed by atoms with Gasteiger partial charge in [-0.15, -0.1) is 11.3 Å². The normalized spacial score (nSPS) is 16.9. The molecule has 0 aromatic carbocycles. The fourth-order valence-corrected chi connectivity index (χ4v) is 5.10. The number of hydrogen-bond acceptors (Lipinski definition) is 9. The van der Waals surface area contributed by atoms with Gasteiger partial charge in [-0.25, -0.2) is 14.8 Å². The average molecular weight is 509 g/mol. The second kappa shape index (κ2) is 10.2. The van der Waals surface area contributed by atoms with E-state index >= 15 is 0 Å². The molecule has 2 aliphatic rings. The number of esters is 1. The SMILES string of the molecule is COC(=O)/C=C/c1c(N2CCN(C)CC2)nc2cc(C(=O)Nc3nc(C4CCC4)cs3)ccn2c1=O. The van der Waals surface area contributed by atoms with Crippen LogP contribution in [0.1, 0.15) is 46.8 Å². The molecule has 5 rings (SSSR count). The first-order valence-corrected chi connectivity index (χ1v) is 12.8. The number of rotatable bonds is 6. The Kier molecular flexibility index (Phi) is 6.84. The summed E-state index contributed by atoms with van der Waals surface area (Å²) in [7, 11) is 3.33. The summed E-state index contributed by atoms with van der Waals surface area (Å²) in [6, 6.07) is 3.18. The molecule has 10 nitrogen and oxygen atoms in total. The van der Waals surface area contributed by atoms with Crippen molar-refractivity contribution < 1.29 is 14.3 Å². The molecule has 1 aliphatic carbocycles. The molecule has 0 spiro atoms. The molecule has 0 atom stereocenters. The third-order valence-corrected chi connectivity index (χ3v) is 7.54. The minimum atomic E-state index is -0.557. The van der Waals surface area contributed by atoms with Crippen LogP contribution < -0.4 is 15.8 Å². The molecule has 3 aromatic heterocycles. The van der Waals surface area contributed by atoms with Gasteiger partial charge in [0.15, 0.2) is 5.13 Å². The lowest BCUT2D eigenvalue weighted by molar-refractivity contribution is -0.134. The number of likely N-dealkylation sites (N-methyl/N-ethyl adjacent to an activating group) is 1. The maximum Gasteiger partial charge on any atom is 0.330 e. The number of nitrogens with zero attached hydrogens (tertiary/aromatic N) is 5. The second-order valence-electron chi connectivity index (χ2n) is 9.10. The van der Waals surface area contributed by atoms with Gasteiger partial charge in [0.1, 0.15) is 11.5 Å². The molecule has 1 saturated heterocycles. The molecule has 36 heavy (non-hydrogen) atoms. The fourth-order valence-electron chi connectivity index (χ4n) is 4.31. The van der Waals surface area contributed by atoms with Crippen LogP contribution in [0.2, 0.25) is 0 Å². The third kappa shape index (κ3) is 4.89. The number of methoxy groups -OCH3 is 1. The Bertz CT molecular complexity index is 1380. The predicted molar refractivity (Wildman–Crippen MR) is 139 cm³/mol. The van der Waals surface area contributed by atoms with Gasteiger partial charge in [-0.3, -0.25) is 19.3 Å². The topological polar surface area (TPSA) is 109 Å². The van der Waals surface area contributed by atoms with Gasteiger partial charge in [-0.05, 0) is 38.1 Å². The Morgan fingerprint density at radius 1 is 1.19 bits per heavy atom. The zero-order valence-electron chi connectivity index (χ0n) is 20.3. The summed E-state index contributed by atoms with van der Waals surface area (Å²) in [5.41, 5.74) is 1.74. The monoisotopic (exact) mass is 508 g/mol. The van der Waals surface area contributed by atoms with Crippen LogP contribution in [0.3, 0.4) is 0 Å². The van der Waals surface area contributed by atoms with Crippen LogP contribution in [0.25, 0.3) is 11.7 Å². The van der Waals surface area contributed by atoms with E-state index < -0.39 is 5.97 Å². The van der Waals surface area contributed by atoms with Crippen molar-refractivity contribution in [3.05, 3.63) is 57.0 Å². The highest BCUT2D eigenvalue weighted by Gasteiger charge is 2.23. The van der Waals surface area contributed by atoms with Crippen LogP contribution in [-0.2, 0) is 9.53 Å². The maximum atomic E-state index is 13.4. The van der Waals surface area contributed by atoms with Gasteiger partial charge in [0.25, 0.3) is 11.5 Å². The van der Waals surface area contributed by atoms with E-state index in [9.17, 15) is 14.4 Å². The lowest BCUT2D eigenvalue weighted by atomic mass is 9.83. The van der Waals surface area contributed by atoms with Crippen molar-refractivity contribution in [2.45, 2.75) is 25.2 Å². The number of nitrogens with one attached hydrogen (secondary N) is 1. The van der Waals surface area contributed by atoms with Gasteiger partial charge < -0.3 is 14.5 Å². The van der Waals surface area contributed by atoms with Gasteiger partial charge in [0, 0.05) is 55.3 Å². The molecular weight excluding hydrogens is 480 g/mol. The van der Waals surface area contributed by atoms with Gasteiger partial charge in [-0.2, -0.15) is 0 Å². The van der Waals surface area contributed by atoms with Crippen LogP contribution in [0.4, 0.5) is 10.9 Å². The lowest BCUT2D eigenvalue weighted by Gasteiger charge is -2.34. The van der Waals surface area contributed by atoms with Crippen LogP contribution in [-0.4, -0.2) is 71.5 Å². The standard InChI is InChI=1S/C25H28N6O4S/c1-29-10-12-30(13-11-29)22-18(6-7-21(32)35-2)24(34)31-9-8-17(14-20(31)27-22)23(33)28-25-26-19(15-36-25)16-4-3-5-16/h6-9,14-16H,3-5,10-13H2,1-2H3,(H,26,28,33)/b7-6+. The Hall–Kier alpha value is -3.57. The molecule has 1 saturated carbocycles. The summed E-state index contributed by atoms with van der Waals surface area (Å²) < 4.78 is 6.07. The number of pyridine rings is 1. The van der Waals surface area contributed by atoms with E-state index in [1.165, 1.54) is 47.6 Å². The van der Waals surface area contributed by atoms with Crippen LogP contribution in [0, 0.1) is 0 Å². The Balaban J connectivity index is 1.47. The molecule has 3 aromatic rings. The molecule has 0 radical (unpaired) electrons. The van der Waals surface area contributed by atoms with Crippen molar-refractivity contribution in [2.24, 2.45) is 0 Å². The molecule has 1 N–H and O–H groups in total. The van der Waals surface area contributed by atoms with Gasteiger partial charge in [0.05, 0.1) is 18.4 Å². The van der Waals surface area contributed by atoms with Crippen molar-refractivity contribution in [1.29, 1.82) is 0 Å². The van der Waals surface area contributed by atoms with E-state index in [1.807, 2.05) is 17.3 Å². The summed E-state index contributed by atoms with van der Waals surface area (Å²) in [5.74, 6) is 0.116. The number of carbonyl (C=O) groups is 2. The number of hydrogen-bond donors (Lipinski definition) is 1. The largest absolute Gasteiger partial charge is 0.466 e. The Morgan fingerprint density at radius 3 is 2.67 bits per heavy atom. The zero-order valence-corrected chi connectivity index (χ0v) is 21.1. The van der Waals surface area contributed by atoms with Crippen molar-refractivity contribution >= 4 is 45.9 Å². The first-order valence-electron chi connectivity index (χ1n) is 12.0. The zero-order chi connectivity index (χ0) is 25.2. The van der Waals surface area contributed by atoms with E-state index in [0.29, 0.717) is 46.7 Å². The molecule has 1 aliphatic heterocycles. The number of fused-ring (bicyclic) bond motifs is 1. The van der Waals surface area contributed by atoms with Crippen molar-refractivity contribution in [3.8, 4) is 0 Å². The molecule has 0 bridgehead atoms. The number of thiazole rings is 1. The second-order valence-corrected chi connectivity index (χ2v) is 9.96. The summed E-state index contributed by atoms with van der Waals surface area (Å²) in [4.78, 5) is 51.6. The maximum absolute atomic E-state index is 13.4. The predicted octanol–water partition coefficient (Wildman–Crippen LogP) is 2.61. The highest BCUT2D eigenvalue weighted by molar-refractivity contribution is 7.14. The van der Waals surface area contributed by atoms with Crippen molar-refractivity contribution in [1.82, 2.24) is 19.3 Å². The molecule has 1 amide bonds. The summed E-state index contributed by atoms with van der Waals surface area (Å²) in [6.07, 6.45) is 7.72. The number of amides is 1. The van der Waals surface area contributed by atoms with Crippen molar-refractivity contribution in [2.75, 3.05) is 50.6 Å². The van der Waals surface area contributed by atoms with Gasteiger partial charge in [-0.1, -0.05) is 6.42 Å². The number of carbonyl (C=O) groups excluding carboxylic acids is 2. The van der Waals surface area contributed by atoms with E-state index in [0.717, 1.165) is 31.6 Å². The molecular formula is C25H28N6O4S. The lowest BCUT2D eigenvalue weighted by Crippen LogP contribution is -2.45. The summed E-state index contributed by atoms with van der Waals surface area (Å²) in [5, 5.41) is 5.44. The summed E-state index contributed by atoms with van der Waals surface area (Å²) in [6.45, 7) is 3.01. The molecule has 4 heterocycles. The minimum absolute atomic E-state index is 0.297. The quantitative estimate of drug-likeness (QED) is 0.400. The fraction of sp³-hybridized carbons (Fsp3) is 0.400. The number of anilines is 2. The number of ether oxygens (including phenoxy) is 1. The third-order valence-electron chi connectivity index (χ3n) is 6.76. The molecule has 188 valence electrons. The Labute approximate surface area is 212 Å². The molecule has 0 unspecified atom stereocenters. The number of piperazine rings is 1. The number of aromatic nitrogens is 3. The van der Waals surface area contributed by atoms with Crippen LogP contribution >= 0.6 is 11.3 Å². The summed E-state index contributed by atoms with van der Waals surface area (Å²) >= 11 is 1.42. The van der Waals surface area contributed by atoms with Gasteiger partial charge in [0.2, 0.25) is 0 Å². The average Bonchev–Trinajstić information content (AvgIpc) is 3.29. The van der Waals surface area contributed by atoms with E-state index in [2.05, 4.69) is 19.9 Å². The first kappa shape index (κ1) is 24.1. The molecule has 2 fully saturated rings. The van der Waals surface area contributed by atoms with E-state index in [-0.39, 0.29) is 11.5 Å². The molecule has 11 heteroatoms. The van der Waals surface area contributed by atoms with E-state index in [4.69, 9.17) is 4.98 Å². The van der Waals surface area contributed by atoms with Crippen molar-refractivity contribution in [3.63, 3.8) is 0 Å².